The number of nitrogens with one attached hydrogen (secondary N) is 1. The van der Waals surface area contributed by atoms with Crippen LogP contribution < -0.4 is 10.1 Å². The minimum atomic E-state index is 0.0452. The van der Waals surface area contributed by atoms with E-state index in [2.05, 4.69) is 5.32 Å². The van der Waals surface area contributed by atoms with E-state index in [9.17, 15) is 4.79 Å². The Morgan fingerprint density at radius 1 is 1.33 bits per heavy atom. The van der Waals surface area contributed by atoms with Crippen molar-refractivity contribution in [3.8, 4) is 5.75 Å². The number of carbonyl (C=O) groups excluding carboxylic acids is 1. The molecule has 0 bridgehead atoms. The van der Waals surface area contributed by atoms with Gasteiger partial charge in [-0.1, -0.05) is 12.1 Å². The van der Waals surface area contributed by atoms with E-state index in [1.54, 1.807) is 19.2 Å². The number of ketones is 1. The molecule has 1 rings (SSSR count). The molecular weight excluding hydrogens is 230 g/mol. The van der Waals surface area contributed by atoms with E-state index in [1.165, 1.54) is 0 Å². The molecule has 18 heavy (non-hydrogen) atoms. The molecular formula is C14H21NO3. The minimum absolute atomic E-state index is 0.0452. The average molecular weight is 251 g/mol. The van der Waals surface area contributed by atoms with Gasteiger partial charge in [0.2, 0.25) is 0 Å². The number of rotatable bonds is 9. The highest BCUT2D eigenvalue weighted by Gasteiger charge is 2.10. The quantitative estimate of drug-likeness (QED) is 0.538. The van der Waals surface area contributed by atoms with Gasteiger partial charge in [0.1, 0.15) is 5.75 Å². The van der Waals surface area contributed by atoms with Crippen molar-refractivity contribution in [2.75, 3.05) is 33.4 Å². The number of benzene rings is 1. The Morgan fingerprint density at radius 2 is 2.11 bits per heavy atom. The molecule has 1 aromatic rings. The van der Waals surface area contributed by atoms with Gasteiger partial charge in [0.25, 0.3) is 0 Å². The second kappa shape index (κ2) is 8.66. The number of para-hydroxylation sites is 1. The maximum absolute atomic E-state index is 11.9. The van der Waals surface area contributed by atoms with Crippen LogP contribution in [0, 0.1) is 0 Å². The number of ether oxygens (including phenoxy) is 2. The molecule has 0 aliphatic carbocycles. The van der Waals surface area contributed by atoms with E-state index in [4.69, 9.17) is 9.47 Å². The smallest absolute Gasteiger partial charge is 0.180 e. The van der Waals surface area contributed by atoms with E-state index in [0.29, 0.717) is 17.9 Å². The van der Waals surface area contributed by atoms with E-state index < -0.39 is 0 Å². The van der Waals surface area contributed by atoms with Gasteiger partial charge >= 0.3 is 0 Å². The Morgan fingerprint density at radius 3 is 2.83 bits per heavy atom. The lowest BCUT2D eigenvalue weighted by molar-refractivity contribution is 0.0985. The fourth-order valence-corrected chi connectivity index (χ4v) is 1.62. The molecule has 0 atom stereocenters. The fourth-order valence-electron chi connectivity index (χ4n) is 1.62. The first-order valence-corrected chi connectivity index (χ1v) is 6.24. The van der Waals surface area contributed by atoms with Crippen molar-refractivity contribution in [3.05, 3.63) is 29.8 Å². The van der Waals surface area contributed by atoms with Gasteiger partial charge < -0.3 is 14.8 Å². The summed E-state index contributed by atoms with van der Waals surface area (Å²) in [5, 5.41) is 3.11. The van der Waals surface area contributed by atoms with Crippen molar-refractivity contribution in [3.63, 3.8) is 0 Å². The zero-order valence-electron chi connectivity index (χ0n) is 11.1. The van der Waals surface area contributed by atoms with Gasteiger partial charge in [-0.25, -0.2) is 0 Å². The van der Waals surface area contributed by atoms with Gasteiger partial charge in [0, 0.05) is 13.2 Å². The standard InChI is InChI=1S/C14H21NO3/c1-3-18-10-6-9-15-11-13(16)12-7-4-5-8-14(12)17-2/h4-5,7-8,15H,3,6,9-11H2,1-2H3. The van der Waals surface area contributed by atoms with Gasteiger partial charge in [-0.2, -0.15) is 0 Å². The molecule has 100 valence electrons. The van der Waals surface area contributed by atoms with Crippen LogP contribution in [0.25, 0.3) is 0 Å². The van der Waals surface area contributed by atoms with Crippen molar-refractivity contribution in [1.82, 2.24) is 5.32 Å². The Kier molecular flexibility index (Phi) is 7.06. The van der Waals surface area contributed by atoms with Crippen LogP contribution in [0.4, 0.5) is 0 Å². The number of Topliss-reactive ketones (excluding diaryl/α,β-unsaturated/α-hetero) is 1. The Balaban J connectivity index is 2.32. The zero-order chi connectivity index (χ0) is 13.2. The molecule has 4 nitrogen and oxygen atoms in total. The third-order valence-corrected chi connectivity index (χ3v) is 2.54. The average Bonchev–Trinajstić information content (AvgIpc) is 2.42. The first kappa shape index (κ1) is 14.7. The molecule has 0 amide bonds. The zero-order valence-corrected chi connectivity index (χ0v) is 11.1. The molecule has 0 unspecified atom stereocenters. The van der Waals surface area contributed by atoms with E-state index in [1.807, 2.05) is 19.1 Å². The summed E-state index contributed by atoms with van der Waals surface area (Å²) in [6.45, 7) is 4.54. The second-order valence-corrected chi connectivity index (χ2v) is 3.85. The van der Waals surface area contributed by atoms with Crippen LogP contribution in [0.3, 0.4) is 0 Å². The first-order chi connectivity index (χ1) is 8.79. The summed E-state index contributed by atoms with van der Waals surface area (Å²) in [5.74, 6) is 0.669. The predicted octanol–water partition coefficient (Wildman–Crippen LogP) is 1.89. The lowest BCUT2D eigenvalue weighted by atomic mass is 10.1. The van der Waals surface area contributed by atoms with Crippen molar-refractivity contribution in [2.45, 2.75) is 13.3 Å². The van der Waals surface area contributed by atoms with Crippen molar-refractivity contribution in [1.29, 1.82) is 0 Å². The molecule has 0 aliphatic rings. The number of hydrogen-bond donors (Lipinski definition) is 1. The van der Waals surface area contributed by atoms with E-state index >= 15 is 0 Å². The van der Waals surface area contributed by atoms with Crippen LogP contribution in [-0.4, -0.2) is 39.2 Å². The maximum Gasteiger partial charge on any atom is 0.180 e. The Hall–Kier alpha value is -1.39. The second-order valence-electron chi connectivity index (χ2n) is 3.85. The molecule has 0 heterocycles. The Bertz CT molecular complexity index is 366. The molecule has 1 aromatic carbocycles. The molecule has 0 aliphatic heterocycles. The molecule has 0 radical (unpaired) electrons. The van der Waals surface area contributed by atoms with Gasteiger partial charge in [-0.15, -0.1) is 0 Å². The third-order valence-electron chi connectivity index (χ3n) is 2.54. The lowest BCUT2D eigenvalue weighted by Crippen LogP contribution is -2.25. The SMILES string of the molecule is CCOCCCNCC(=O)c1ccccc1OC. The summed E-state index contributed by atoms with van der Waals surface area (Å²) in [6.07, 6.45) is 0.910. The summed E-state index contributed by atoms with van der Waals surface area (Å²) in [6, 6.07) is 7.27. The minimum Gasteiger partial charge on any atom is -0.496 e. The molecule has 0 saturated heterocycles. The van der Waals surface area contributed by atoms with Gasteiger partial charge in [-0.05, 0) is 32.0 Å². The molecule has 0 aromatic heterocycles. The maximum atomic E-state index is 11.9. The van der Waals surface area contributed by atoms with Crippen LogP contribution in [0.15, 0.2) is 24.3 Å². The lowest BCUT2D eigenvalue weighted by Gasteiger charge is -2.08. The van der Waals surface area contributed by atoms with Crippen LogP contribution >= 0.6 is 0 Å². The van der Waals surface area contributed by atoms with Crippen molar-refractivity contribution in [2.24, 2.45) is 0 Å². The predicted molar refractivity (Wildman–Crippen MR) is 71.3 cm³/mol. The fraction of sp³-hybridized carbons (Fsp3) is 0.500. The highest BCUT2D eigenvalue weighted by atomic mass is 16.5. The normalized spacial score (nSPS) is 10.3. The molecule has 0 fully saturated rings. The highest BCUT2D eigenvalue weighted by molar-refractivity contribution is 6.00. The van der Waals surface area contributed by atoms with Gasteiger partial charge in [0.05, 0.1) is 19.2 Å². The number of methoxy groups -OCH3 is 1. The van der Waals surface area contributed by atoms with Crippen LogP contribution in [-0.2, 0) is 4.74 Å². The molecule has 4 heteroatoms. The molecule has 0 saturated carbocycles. The van der Waals surface area contributed by atoms with Crippen LogP contribution in [0.5, 0.6) is 5.75 Å². The van der Waals surface area contributed by atoms with Crippen LogP contribution in [0.2, 0.25) is 0 Å². The molecule has 1 N–H and O–H groups in total. The number of hydrogen-bond acceptors (Lipinski definition) is 4. The summed E-state index contributed by atoms with van der Waals surface area (Å²) < 4.78 is 10.4. The Labute approximate surface area is 108 Å². The largest absolute Gasteiger partial charge is 0.496 e. The van der Waals surface area contributed by atoms with E-state index in [-0.39, 0.29) is 5.78 Å². The summed E-state index contributed by atoms with van der Waals surface area (Å²) in [7, 11) is 1.57. The van der Waals surface area contributed by atoms with Crippen LogP contribution in [0.1, 0.15) is 23.7 Å². The van der Waals surface area contributed by atoms with Crippen molar-refractivity contribution < 1.29 is 14.3 Å². The number of carbonyl (C=O) groups is 1. The highest BCUT2D eigenvalue weighted by Crippen LogP contribution is 2.17. The summed E-state index contributed by atoms with van der Waals surface area (Å²) in [5.41, 5.74) is 0.623. The third kappa shape index (κ3) is 4.85. The monoisotopic (exact) mass is 251 g/mol. The summed E-state index contributed by atoms with van der Waals surface area (Å²) >= 11 is 0. The topological polar surface area (TPSA) is 47.6 Å². The van der Waals surface area contributed by atoms with E-state index in [0.717, 1.165) is 26.2 Å². The first-order valence-electron chi connectivity index (χ1n) is 6.24. The van der Waals surface area contributed by atoms with Crippen molar-refractivity contribution >= 4 is 5.78 Å². The summed E-state index contributed by atoms with van der Waals surface area (Å²) in [4.78, 5) is 11.9. The molecule has 0 spiro atoms. The van der Waals surface area contributed by atoms with Gasteiger partial charge in [0.15, 0.2) is 5.78 Å². The van der Waals surface area contributed by atoms with Gasteiger partial charge in [-0.3, -0.25) is 4.79 Å².